The Hall–Kier alpha value is -0.590. The highest BCUT2D eigenvalue weighted by molar-refractivity contribution is 7.87. The van der Waals surface area contributed by atoms with Gasteiger partial charge in [-0.2, -0.15) is 17.8 Å². The lowest BCUT2D eigenvalue weighted by molar-refractivity contribution is 0.340. The number of aromatic nitrogens is 2. The number of piperidine rings is 1. The molecule has 0 radical (unpaired) electrons. The fourth-order valence-corrected chi connectivity index (χ4v) is 3.80. The van der Waals surface area contributed by atoms with Crippen LogP contribution in [0, 0.1) is 13.8 Å². The second-order valence-corrected chi connectivity index (χ2v) is 6.43. The molecule has 1 aromatic heterocycles. The van der Waals surface area contributed by atoms with Gasteiger partial charge in [-0.3, -0.25) is 0 Å². The number of hydrogen-bond acceptors (Lipinski definition) is 3. The van der Waals surface area contributed by atoms with Gasteiger partial charge in [0.15, 0.2) is 0 Å². The van der Waals surface area contributed by atoms with Crippen LogP contribution in [0.15, 0.2) is 0 Å². The van der Waals surface area contributed by atoms with Crippen molar-refractivity contribution in [1.82, 2.24) is 13.5 Å². The monoisotopic (exact) mass is 277 g/mol. The molecule has 17 heavy (non-hydrogen) atoms. The number of aryl methyl sites for hydroxylation is 1. The molecule has 0 unspecified atom stereocenters. The maximum absolute atomic E-state index is 12.3. The normalized spacial score (nSPS) is 18.5. The molecule has 7 heteroatoms. The molecular formula is C10H16ClN3O2S. The summed E-state index contributed by atoms with van der Waals surface area (Å²) in [6, 6.07) is 0. The van der Waals surface area contributed by atoms with Crippen molar-refractivity contribution in [3.63, 3.8) is 0 Å². The minimum atomic E-state index is -3.54. The molecule has 1 aliphatic heterocycles. The third kappa shape index (κ3) is 2.21. The van der Waals surface area contributed by atoms with Crippen LogP contribution in [0.4, 0.5) is 0 Å². The van der Waals surface area contributed by atoms with E-state index in [0.29, 0.717) is 29.5 Å². The van der Waals surface area contributed by atoms with Crippen LogP contribution in [-0.2, 0) is 10.2 Å². The second-order valence-electron chi connectivity index (χ2n) is 4.30. The Kier molecular flexibility index (Phi) is 3.47. The van der Waals surface area contributed by atoms with E-state index < -0.39 is 10.2 Å². The summed E-state index contributed by atoms with van der Waals surface area (Å²) < 4.78 is 27.2. The first kappa shape index (κ1) is 12.9. The molecule has 0 saturated carbocycles. The molecule has 0 bridgehead atoms. The maximum atomic E-state index is 12.3. The van der Waals surface area contributed by atoms with Gasteiger partial charge in [-0.05, 0) is 26.7 Å². The number of halogens is 1. The molecule has 0 spiro atoms. The van der Waals surface area contributed by atoms with Gasteiger partial charge in [0, 0.05) is 13.1 Å². The SMILES string of the molecule is Cc1nn(S(=O)(=O)N2CCCCC2)c(C)c1Cl. The molecule has 1 fully saturated rings. The predicted octanol–water partition coefficient (Wildman–Crippen LogP) is 1.73. The fraction of sp³-hybridized carbons (Fsp3) is 0.700. The van der Waals surface area contributed by atoms with Crippen molar-refractivity contribution >= 4 is 21.8 Å². The molecular weight excluding hydrogens is 262 g/mol. The van der Waals surface area contributed by atoms with Crippen molar-refractivity contribution in [3.05, 3.63) is 16.4 Å². The summed E-state index contributed by atoms with van der Waals surface area (Å²) in [5.74, 6) is 0. The lowest BCUT2D eigenvalue weighted by Gasteiger charge is -2.25. The number of hydrogen-bond donors (Lipinski definition) is 0. The predicted molar refractivity (Wildman–Crippen MR) is 66.5 cm³/mol. The van der Waals surface area contributed by atoms with Crippen LogP contribution in [0.1, 0.15) is 30.7 Å². The summed E-state index contributed by atoms with van der Waals surface area (Å²) in [4.78, 5) is 0. The van der Waals surface area contributed by atoms with E-state index in [1.54, 1.807) is 13.8 Å². The van der Waals surface area contributed by atoms with Crippen LogP contribution < -0.4 is 0 Å². The van der Waals surface area contributed by atoms with Gasteiger partial charge in [-0.25, -0.2) is 0 Å². The zero-order valence-electron chi connectivity index (χ0n) is 9.98. The summed E-state index contributed by atoms with van der Waals surface area (Å²) in [6.07, 6.45) is 2.91. The lowest BCUT2D eigenvalue weighted by atomic mass is 10.2. The quantitative estimate of drug-likeness (QED) is 0.827. The van der Waals surface area contributed by atoms with E-state index in [1.807, 2.05) is 0 Å². The van der Waals surface area contributed by atoms with E-state index in [1.165, 1.54) is 4.31 Å². The molecule has 0 aromatic carbocycles. The van der Waals surface area contributed by atoms with E-state index in [2.05, 4.69) is 5.10 Å². The maximum Gasteiger partial charge on any atom is 0.323 e. The van der Waals surface area contributed by atoms with E-state index in [4.69, 9.17) is 11.6 Å². The van der Waals surface area contributed by atoms with Gasteiger partial charge in [0.2, 0.25) is 0 Å². The Bertz CT molecular complexity index is 518. The van der Waals surface area contributed by atoms with Gasteiger partial charge in [-0.1, -0.05) is 18.0 Å². The van der Waals surface area contributed by atoms with Crippen LogP contribution in [0.5, 0.6) is 0 Å². The third-order valence-electron chi connectivity index (χ3n) is 3.02. The van der Waals surface area contributed by atoms with Crippen molar-refractivity contribution in [2.45, 2.75) is 33.1 Å². The summed E-state index contributed by atoms with van der Waals surface area (Å²) >= 11 is 5.98. The van der Waals surface area contributed by atoms with Gasteiger partial charge in [-0.15, -0.1) is 4.09 Å². The van der Waals surface area contributed by atoms with Crippen molar-refractivity contribution in [2.75, 3.05) is 13.1 Å². The van der Waals surface area contributed by atoms with Crippen molar-refractivity contribution in [3.8, 4) is 0 Å². The molecule has 1 aromatic rings. The van der Waals surface area contributed by atoms with Crippen molar-refractivity contribution in [2.24, 2.45) is 0 Å². The standard InChI is InChI=1S/C10H16ClN3O2S/c1-8-10(11)9(2)14(12-8)17(15,16)13-6-4-3-5-7-13/h3-7H2,1-2H3. The second kappa shape index (κ2) is 4.59. The van der Waals surface area contributed by atoms with Crippen molar-refractivity contribution < 1.29 is 8.42 Å². The Labute approximate surface area is 107 Å². The first-order chi connectivity index (χ1) is 7.94. The number of rotatable bonds is 2. The minimum absolute atomic E-state index is 0.422. The van der Waals surface area contributed by atoms with E-state index in [-0.39, 0.29) is 0 Å². The molecule has 0 aliphatic carbocycles. The van der Waals surface area contributed by atoms with Gasteiger partial charge < -0.3 is 0 Å². The molecule has 2 rings (SSSR count). The first-order valence-electron chi connectivity index (χ1n) is 5.67. The lowest BCUT2D eigenvalue weighted by Crippen LogP contribution is -2.40. The van der Waals surface area contributed by atoms with Crippen LogP contribution >= 0.6 is 11.6 Å². The highest BCUT2D eigenvalue weighted by atomic mass is 35.5. The van der Waals surface area contributed by atoms with Gasteiger partial charge in [0.05, 0.1) is 16.4 Å². The summed E-state index contributed by atoms with van der Waals surface area (Å²) in [6.45, 7) is 4.51. The Morgan fingerprint density at radius 1 is 1.18 bits per heavy atom. The van der Waals surface area contributed by atoms with Crippen LogP contribution in [-0.4, -0.2) is 35.0 Å². The Balaban J connectivity index is 2.40. The van der Waals surface area contributed by atoms with E-state index >= 15 is 0 Å². The van der Waals surface area contributed by atoms with E-state index in [9.17, 15) is 8.42 Å². The fourth-order valence-electron chi connectivity index (χ4n) is 2.03. The molecule has 5 nitrogen and oxygen atoms in total. The topological polar surface area (TPSA) is 55.2 Å². The van der Waals surface area contributed by atoms with Crippen LogP contribution in [0.25, 0.3) is 0 Å². The zero-order chi connectivity index (χ0) is 12.6. The average molecular weight is 278 g/mol. The van der Waals surface area contributed by atoms with Gasteiger partial charge in [0.25, 0.3) is 0 Å². The average Bonchev–Trinajstić information content (AvgIpc) is 2.59. The molecule has 1 saturated heterocycles. The van der Waals surface area contributed by atoms with Gasteiger partial charge in [0.1, 0.15) is 0 Å². The molecule has 0 amide bonds. The summed E-state index contributed by atoms with van der Waals surface area (Å²) in [7, 11) is -3.54. The minimum Gasteiger partial charge on any atom is -0.187 e. The molecule has 1 aliphatic rings. The molecule has 0 atom stereocenters. The van der Waals surface area contributed by atoms with E-state index in [0.717, 1.165) is 23.3 Å². The highest BCUT2D eigenvalue weighted by Gasteiger charge is 2.28. The third-order valence-corrected chi connectivity index (χ3v) is 5.38. The first-order valence-corrected chi connectivity index (χ1v) is 7.44. The molecule has 0 N–H and O–H groups in total. The smallest absolute Gasteiger partial charge is 0.187 e. The summed E-state index contributed by atoms with van der Waals surface area (Å²) in [5.41, 5.74) is 1.03. The highest BCUT2D eigenvalue weighted by Crippen LogP contribution is 2.23. The summed E-state index contributed by atoms with van der Waals surface area (Å²) in [5, 5.41) is 4.43. The van der Waals surface area contributed by atoms with Crippen LogP contribution in [0.2, 0.25) is 5.02 Å². The van der Waals surface area contributed by atoms with Crippen LogP contribution in [0.3, 0.4) is 0 Å². The zero-order valence-corrected chi connectivity index (χ0v) is 11.6. The number of nitrogens with zero attached hydrogens (tertiary/aromatic N) is 3. The van der Waals surface area contributed by atoms with Gasteiger partial charge >= 0.3 is 10.2 Å². The Morgan fingerprint density at radius 3 is 2.24 bits per heavy atom. The Morgan fingerprint density at radius 2 is 1.76 bits per heavy atom. The largest absolute Gasteiger partial charge is 0.323 e. The molecule has 96 valence electrons. The van der Waals surface area contributed by atoms with Crippen molar-refractivity contribution in [1.29, 1.82) is 0 Å². The molecule has 2 heterocycles.